The van der Waals surface area contributed by atoms with E-state index in [-0.39, 0.29) is 5.82 Å². The second-order valence-electron chi connectivity index (χ2n) is 2.90. The molecule has 1 amide bonds. The number of furan rings is 1. The van der Waals surface area contributed by atoms with Crippen molar-refractivity contribution in [2.24, 2.45) is 5.73 Å². The predicted octanol–water partition coefficient (Wildman–Crippen LogP) is 1.08. The number of H-pyrrole nitrogens is 1. The summed E-state index contributed by atoms with van der Waals surface area (Å²) in [5, 5.41) is 0. The van der Waals surface area contributed by atoms with Crippen LogP contribution >= 0.6 is 0 Å². The Balaban J connectivity index is 2.50. The maximum atomic E-state index is 10.8. The standard InChI is InChI=1S/C9H9N3O2/c1-5-7(6-3-2-4-14-6)12-9(11-5)8(10)13/h2-4H,1H3,(H2,10,13)(H,11,12). The molecule has 14 heavy (non-hydrogen) atoms. The van der Waals surface area contributed by atoms with Gasteiger partial charge in [0.2, 0.25) is 0 Å². The second kappa shape index (κ2) is 3.02. The number of carbonyl (C=O) groups is 1. The Labute approximate surface area is 79.9 Å². The van der Waals surface area contributed by atoms with E-state index in [1.54, 1.807) is 25.3 Å². The van der Waals surface area contributed by atoms with Crippen LogP contribution in [-0.4, -0.2) is 15.9 Å². The van der Waals surface area contributed by atoms with Gasteiger partial charge in [-0.1, -0.05) is 0 Å². The maximum absolute atomic E-state index is 10.8. The van der Waals surface area contributed by atoms with E-state index in [2.05, 4.69) is 9.97 Å². The van der Waals surface area contributed by atoms with Crippen molar-refractivity contribution < 1.29 is 9.21 Å². The summed E-state index contributed by atoms with van der Waals surface area (Å²) in [5.74, 6) is 0.186. The third kappa shape index (κ3) is 1.28. The number of imidazole rings is 1. The molecule has 0 saturated carbocycles. The third-order valence-electron chi connectivity index (χ3n) is 1.87. The highest BCUT2D eigenvalue weighted by molar-refractivity contribution is 5.89. The number of aromatic amines is 1. The Morgan fingerprint density at radius 3 is 2.93 bits per heavy atom. The first kappa shape index (κ1) is 8.55. The Morgan fingerprint density at radius 1 is 1.64 bits per heavy atom. The van der Waals surface area contributed by atoms with Crippen LogP contribution in [0.5, 0.6) is 0 Å². The number of nitrogens with one attached hydrogen (secondary N) is 1. The lowest BCUT2D eigenvalue weighted by atomic mass is 10.3. The highest BCUT2D eigenvalue weighted by atomic mass is 16.3. The van der Waals surface area contributed by atoms with Crippen molar-refractivity contribution >= 4 is 5.91 Å². The van der Waals surface area contributed by atoms with Crippen LogP contribution in [0.15, 0.2) is 22.8 Å². The van der Waals surface area contributed by atoms with Crippen molar-refractivity contribution in [2.45, 2.75) is 6.92 Å². The monoisotopic (exact) mass is 191 g/mol. The molecule has 0 unspecified atom stereocenters. The van der Waals surface area contributed by atoms with Crippen molar-refractivity contribution in [2.75, 3.05) is 0 Å². The topological polar surface area (TPSA) is 84.9 Å². The fourth-order valence-electron chi connectivity index (χ4n) is 1.23. The molecule has 2 heterocycles. The van der Waals surface area contributed by atoms with Crippen LogP contribution in [0, 0.1) is 6.92 Å². The lowest BCUT2D eigenvalue weighted by Crippen LogP contribution is -2.12. The summed E-state index contributed by atoms with van der Waals surface area (Å²) in [5.41, 5.74) is 6.46. The van der Waals surface area contributed by atoms with Crippen molar-refractivity contribution in [3.05, 3.63) is 29.9 Å². The molecule has 0 fully saturated rings. The van der Waals surface area contributed by atoms with Crippen molar-refractivity contribution in [3.63, 3.8) is 0 Å². The lowest BCUT2D eigenvalue weighted by Gasteiger charge is -1.89. The van der Waals surface area contributed by atoms with Gasteiger partial charge < -0.3 is 15.1 Å². The molecule has 2 rings (SSSR count). The summed E-state index contributed by atoms with van der Waals surface area (Å²) in [6.07, 6.45) is 1.55. The van der Waals surface area contributed by atoms with Gasteiger partial charge in [0.1, 0.15) is 5.69 Å². The molecule has 5 nitrogen and oxygen atoms in total. The third-order valence-corrected chi connectivity index (χ3v) is 1.87. The second-order valence-corrected chi connectivity index (χ2v) is 2.90. The molecule has 0 aliphatic carbocycles. The number of hydrogen-bond donors (Lipinski definition) is 2. The average molecular weight is 191 g/mol. The molecule has 0 aliphatic heterocycles. The van der Waals surface area contributed by atoms with Crippen LogP contribution < -0.4 is 5.73 Å². The number of primary amides is 1. The molecule has 2 aromatic rings. The molecular formula is C9H9N3O2. The van der Waals surface area contributed by atoms with Crippen molar-refractivity contribution in [1.29, 1.82) is 0 Å². The van der Waals surface area contributed by atoms with Crippen LogP contribution in [0.1, 0.15) is 16.3 Å². The summed E-state index contributed by atoms with van der Waals surface area (Å²) in [6, 6.07) is 3.53. The highest BCUT2D eigenvalue weighted by Crippen LogP contribution is 2.20. The average Bonchev–Trinajstić information content (AvgIpc) is 2.71. The first-order valence-corrected chi connectivity index (χ1v) is 4.09. The van der Waals surface area contributed by atoms with E-state index in [1.807, 2.05) is 0 Å². The summed E-state index contributed by atoms with van der Waals surface area (Å²) >= 11 is 0. The Morgan fingerprint density at radius 2 is 2.43 bits per heavy atom. The van der Waals surface area contributed by atoms with E-state index < -0.39 is 5.91 Å². The molecule has 0 bridgehead atoms. The summed E-state index contributed by atoms with van der Waals surface area (Å²) in [7, 11) is 0. The zero-order valence-corrected chi connectivity index (χ0v) is 7.57. The predicted molar refractivity (Wildman–Crippen MR) is 49.5 cm³/mol. The van der Waals surface area contributed by atoms with Crippen molar-refractivity contribution in [3.8, 4) is 11.5 Å². The van der Waals surface area contributed by atoms with Gasteiger partial charge in [-0.3, -0.25) is 4.79 Å². The normalized spacial score (nSPS) is 10.4. The van der Waals surface area contributed by atoms with Crippen LogP contribution in [0.2, 0.25) is 0 Å². The first-order valence-electron chi connectivity index (χ1n) is 4.09. The fourth-order valence-corrected chi connectivity index (χ4v) is 1.23. The number of nitrogens with zero attached hydrogens (tertiary/aromatic N) is 1. The Bertz CT molecular complexity index is 456. The van der Waals surface area contributed by atoms with E-state index in [9.17, 15) is 4.79 Å². The van der Waals surface area contributed by atoms with Crippen molar-refractivity contribution in [1.82, 2.24) is 9.97 Å². The molecule has 2 aromatic heterocycles. The van der Waals surface area contributed by atoms with E-state index in [0.29, 0.717) is 11.5 Å². The number of nitrogens with two attached hydrogens (primary N) is 1. The summed E-state index contributed by atoms with van der Waals surface area (Å²) < 4.78 is 5.16. The quantitative estimate of drug-likeness (QED) is 0.744. The molecule has 3 N–H and O–H groups in total. The summed E-state index contributed by atoms with van der Waals surface area (Å²) in [6.45, 7) is 1.80. The van der Waals surface area contributed by atoms with Gasteiger partial charge in [-0.15, -0.1) is 0 Å². The largest absolute Gasteiger partial charge is 0.463 e. The minimum atomic E-state index is -0.578. The van der Waals surface area contributed by atoms with Gasteiger partial charge in [-0.2, -0.15) is 0 Å². The first-order chi connectivity index (χ1) is 6.68. The Hall–Kier alpha value is -2.04. The molecule has 0 saturated heterocycles. The zero-order valence-electron chi connectivity index (χ0n) is 7.57. The molecule has 0 spiro atoms. The van der Waals surface area contributed by atoms with Gasteiger partial charge in [-0.25, -0.2) is 4.98 Å². The molecule has 72 valence electrons. The van der Waals surface area contributed by atoms with E-state index in [1.165, 1.54) is 0 Å². The smallest absolute Gasteiger partial charge is 0.284 e. The number of aryl methyl sites for hydroxylation is 1. The number of aromatic nitrogens is 2. The SMILES string of the molecule is Cc1[nH]c(C(N)=O)nc1-c1ccco1. The zero-order chi connectivity index (χ0) is 10.1. The molecule has 0 aromatic carbocycles. The van der Waals surface area contributed by atoms with Gasteiger partial charge in [-0.05, 0) is 19.1 Å². The molecule has 0 atom stereocenters. The van der Waals surface area contributed by atoms with Crippen LogP contribution in [0.25, 0.3) is 11.5 Å². The molecule has 0 aliphatic rings. The van der Waals surface area contributed by atoms with Crippen LogP contribution in [0.3, 0.4) is 0 Å². The van der Waals surface area contributed by atoms with E-state index in [4.69, 9.17) is 10.2 Å². The summed E-state index contributed by atoms with van der Waals surface area (Å²) in [4.78, 5) is 17.6. The van der Waals surface area contributed by atoms with Crippen LogP contribution in [0.4, 0.5) is 0 Å². The van der Waals surface area contributed by atoms with Crippen LogP contribution in [-0.2, 0) is 0 Å². The van der Waals surface area contributed by atoms with E-state index >= 15 is 0 Å². The van der Waals surface area contributed by atoms with Gasteiger partial charge in [0, 0.05) is 5.69 Å². The van der Waals surface area contributed by atoms with Gasteiger partial charge >= 0.3 is 0 Å². The van der Waals surface area contributed by atoms with Gasteiger partial charge in [0.25, 0.3) is 5.91 Å². The lowest BCUT2D eigenvalue weighted by molar-refractivity contribution is 0.0991. The number of carbonyl (C=O) groups excluding carboxylic acids is 1. The number of rotatable bonds is 2. The molecule has 5 heteroatoms. The fraction of sp³-hybridized carbons (Fsp3) is 0.111. The van der Waals surface area contributed by atoms with E-state index in [0.717, 1.165) is 5.69 Å². The molecular weight excluding hydrogens is 182 g/mol. The maximum Gasteiger partial charge on any atom is 0.284 e. The Kier molecular flexibility index (Phi) is 1.85. The number of amides is 1. The molecule has 0 radical (unpaired) electrons. The number of hydrogen-bond acceptors (Lipinski definition) is 3. The van der Waals surface area contributed by atoms with Gasteiger partial charge in [0.15, 0.2) is 11.6 Å². The van der Waals surface area contributed by atoms with Gasteiger partial charge in [0.05, 0.1) is 6.26 Å². The minimum absolute atomic E-state index is 0.147. The minimum Gasteiger partial charge on any atom is -0.463 e. The highest BCUT2D eigenvalue weighted by Gasteiger charge is 2.13.